The second kappa shape index (κ2) is 9.02. The number of ether oxygens (including phenoxy) is 2. The maximum absolute atomic E-state index is 12.5. The number of nitrogens with zero attached hydrogens (tertiary/aromatic N) is 3. The maximum Gasteiger partial charge on any atom is 0.338 e. The predicted molar refractivity (Wildman–Crippen MR) is 113 cm³/mol. The Labute approximate surface area is 176 Å². The van der Waals surface area contributed by atoms with E-state index in [1.165, 1.54) is 17.4 Å². The van der Waals surface area contributed by atoms with E-state index in [0.717, 1.165) is 15.4 Å². The van der Waals surface area contributed by atoms with Crippen LogP contribution in [-0.4, -0.2) is 42.2 Å². The standard InChI is InChI=1S/C21H19N3O5S/c25-21(29-14-17-13-22-20(30-17)15-4-2-1-3-5-15)16-6-7-18(19(12-16)24(26)27)23-8-10-28-11-9-23/h1-7,12-13H,8-11,14H2. The highest BCUT2D eigenvalue weighted by atomic mass is 32.1. The van der Waals surface area contributed by atoms with Crippen LogP contribution in [0.15, 0.2) is 54.7 Å². The summed E-state index contributed by atoms with van der Waals surface area (Å²) in [5.41, 5.74) is 1.51. The van der Waals surface area contributed by atoms with Gasteiger partial charge in [0.25, 0.3) is 5.69 Å². The van der Waals surface area contributed by atoms with Crippen molar-refractivity contribution in [3.8, 4) is 10.6 Å². The molecule has 8 nitrogen and oxygen atoms in total. The number of nitro groups is 1. The van der Waals surface area contributed by atoms with Crippen LogP contribution in [0.2, 0.25) is 0 Å². The number of carbonyl (C=O) groups excluding carboxylic acids is 1. The Hall–Kier alpha value is -3.30. The number of hydrogen-bond acceptors (Lipinski definition) is 8. The van der Waals surface area contributed by atoms with E-state index < -0.39 is 10.9 Å². The van der Waals surface area contributed by atoms with Gasteiger partial charge in [-0.2, -0.15) is 0 Å². The van der Waals surface area contributed by atoms with Crippen molar-refractivity contribution < 1.29 is 19.2 Å². The molecule has 1 aromatic heterocycles. The van der Waals surface area contributed by atoms with E-state index in [1.54, 1.807) is 18.3 Å². The third-order valence-electron chi connectivity index (χ3n) is 4.68. The van der Waals surface area contributed by atoms with Gasteiger partial charge in [0.1, 0.15) is 17.3 Å². The average Bonchev–Trinajstić information content (AvgIpc) is 3.27. The predicted octanol–water partition coefficient (Wildman–Crippen LogP) is 3.91. The summed E-state index contributed by atoms with van der Waals surface area (Å²) in [7, 11) is 0. The minimum Gasteiger partial charge on any atom is -0.456 e. The van der Waals surface area contributed by atoms with Crippen molar-refractivity contribution in [3.63, 3.8) is 0 Å². The highest BCUT2D eigenvalue weighted by molar-refractivity contribution is 7.15. The van der Waals surface area contributed by atoms with Gasteiger partial charge in [-0.05, 0) is 12.1 Å². The van der Waals surface area contributed by atoms with Gasteiger partial charge in [-0.15, -0.1) is 11.3 Å². The van der Waals surface area contributed by atoms with Crippen molar-refractivity contribution in [2.75, 3.05) is 31.2 Å². The minimum absolute atomic E-state index is 0.0579. The average molecular weight is 425 g/mol. The molecule has 0 N–H and O–H groups in total. The number of hydrogen-bond donors (Lipinski definition) is 0. The fraction of sp³-hybridized carbons (Fsp3) is 0.238. The van der Waals surface area contributed by atoms with Crippen molar-refractivity contribution >= 4 is 28.7 Å². The summed E-state index contributed by atoms with van der Waals surface area (Å²) in [6, 6.07) is 14.2. The third-order valence-corrected chi connectivity index (χ3v) is 5.70. The van der Waals surface area contributed by atoms with Gasteiger partial charge in [0.05, 0.1) is 28.6 Å². The van der Waals surface area contributed by atoms with Crippen LogP contribution in [0.25, 0.3) is 10.6 Å². The number of benzene rings is 2. The zero-order valence-electron chi connectivity index (χ0n) is 16.0. The molecule has 0 unspecified atom stereocenters. The molecule has 3 aromatic rings. The molecule has 1 saturated heterocycles. The Morgan fingerprint density at radius 3 is 2.70 bits per heavy atom. The van der Waals surface area contributed by atoms with E-state index >= 15 is 0 Å². The second-order valence-corrected chi connectivity index (χ2v) is 7.75. The first-order chi connectivity index (χ1) is 14.6. The molecule has 0 saturated carbocycles. The third kappa shape index (κ3) is 4.47. The number of thiazole rings is 1. The summed E-state index contributed by atoms with van der Waals surface area (Å²) in [6.07, 6.45) is 1.67. The van der Waals surface area contributed by atoms with Crippen molar-refractivity contribution in [3.05, 3.63) is 75.3 Å². The van der Waals surface area contributed by atoms with Crippen molar-refractivity contribution in [1.82, 2.24) is 4.98 Å². The molecular formula is C21H19N3O5S. The van der Waals surface area contributed by atoms with Gasteiger partial charge in [-0.1, -0.05) is 30.3 Å². The van der Waals surface area contributed by atoms with Gasteiger partial charge in [-0.25, -0.2) is 9.78 Å². The summed E-state index contributed by atoms with van der Waals surface area (Å²) in [4.78, 5) is 30.6. The summed E-state index contributed by atoms with van der Waals surface area (Å²) < 4.78 is 10.7. The number of nitro benzene ring substituents is 1. The van der Waals surface area contributed by atoms with Gasteiger partial charge < -0.3 is 14.4 Å². The van der Waals surface area contributed by atoms with Gasteiger partial charge in [0.15, 0.2) is 0 Å². The topological polar surface area (TPSA) is 94.8 Å². The van der Waals surface area contributed by atoms with E-state index in [4.69, 9.17) is 9.47 Å². The van der Waals surface area contributed by atoms with Crippen LogP contribution >= 0.6 is 11.3 Å². The van der Waals surface area contributed by atoms with Crippen molar-refractivity contribution in [2.45, 2.75) is 6.61 Å². The molecule has 1 aliphatic rings. The Morgan fingerprint density at radius 1 is 1.20 bits per heavy atom. The number of rotatable bonds is 6. The minimum atomic E-state index is -0.610. The molecule has 0 radical (unpaired) electrons. The highest BCUT2D eigenvalue weighted by Crippen LogP contribution is 2.30. The van der Waals surface area contributed by atoms with Gasteiger partial charge in [0, 0.05) is 30.9 Å². The Morgan fingerprint density at radius 2 is 1.97 bits per heavy atom. The monoisotopic (exact) mass is 425 g/mol. The normalized spacial score (nSPS) is 13.8. The largest absolute Gasteiger partial charge is 0.456 e. The van der Waals surface area contributed by atoms with Crippen LogP contribution in [-0.2, 0) is 16.1 Å². The quantitative estimate of drug-likeness (QED) is 0.336. The number of aromatic nitrogens is 1. The number of morpholine rings is 1. The SMILES string of the molecule is O=C(OCc1cnc(-c2ccccc2)s1)c1ccc(N2CCOCC2)c([N+](=O)[O-])c1. The molecule has 0 spiro atoms. The lowest BCUT2D eigenvalue weighted by Gasteiger charge is -2.28. The Balaban J connectivity index is 1.45. The van der Waals surface area contributed by atoms with Crippen LogP contribution in [0.5, 0.6) is 0 Å². The lowest BCUT2D eigenvalue weighted by molar-refractivity contribution is -0.384. The molecule has 2 aromatic carbocycles. The summed E-state index contributed by atoms with van der Waals surface area (Å²) in [6.45, 7) is 2.23. The molecule has 0 bridgehead atoms. The van der Waals surface area contributed by atoms with Crippen LogP contribution in [0, 0.1) is 10.1 Å². The number of anilines is 1. The molecule has 4 rings (SSSR count). The van der Waals surface area contributed by atoms with Gasteiger partial charge >= 0.3 is 5.97 Å². The molecule has 0 amide bonds. The van der Waals surface area contributed by atoms with Gasteiger partial charge in [0.2, 0.25) is 0 Å². The Kier molecular flexibility index (Phi) is 6.01. The molecule has 1 fully saturated rings. The van der Waals surface area contributed by atoms with E-state index in [9.17, 15) is 14.9 Å². The molecule has 2 heterocycles. The summed E-state index contributed by atoms with van der Waals surface area (Å²) in [5, 5.41) is 12.4. The number of esters is 1. The van der Waals surface area contributed by atoms with Crippen LogP contribution < -0.4 is 4.90 Å². The molecule has 30 heavy (non-hydrogen) atoms. The van der Waals surface area contributed by atoms with Crippen LogP contribution in [0.1, 0.15) is 15.2 Å². The first kappa shape index (κ1) is 20.0. The molecular weight excluding hydrogens is 406 g/mol. The van der Waals surface area contributed by atoms with E-state index in [0.29, 0.717) is 32.0 Å². The highest BCUT2D eigenvalue weighted by Gasteiger charge is 2.24. The molecule has 1 aliphatic heterocycles. The van der Waals surface area contributed by atoms with Crippen LogP contribution in [0.4, 0.5) is 11.4 Å². The van der Waals surface area contributed by atoms with Crippen LogP contribution in [0.3, 0.4) is 0 Å². The smallest absolute Gasteiger partial charge is 0.338 e. The summed E-state index contributed by atoms with van der Waals surface area (Å²) in [5.74, 6) is -0.610. The van der Waals surface area contributed by atoms with Crippen molar-refractivity contribution in [2.24, 2.45) is 0 Å². The fourth-order valence-electron chi connectivity index (χ4n) is 3.18. The second-order valence-electron chi connectivity index (χ2n) is 6.63. The lowest BCUT2D eigenvalue weighted by atomic mass is 10.1. The van der Waals surface area contributed by atoms with Gasteiger partial charge in [-0.3, -0.25) is 10.1 Å². The maximum atomic E-state index is 12.5. The van der Waals surface area contributed by atoms with E-state index in [-0.39, 0.29) is 17.9 Å². The van der Waals surface area contributed by atoms with E-state index in [1.807, 2.05) is 35.2 Å². The molecule has 9 heteroatoms. The molecule has 154 valence electrons. The van der Waals surface area contributed by atoms with E-state index in [2.05, 4.69) is 4.98 Å². The first-order valence-corrected chi connectivity index (χ1v) is 10.2. The number of carbonyl (C=O) groups is 1. The summed E-state index contributed by atoms with van der Waals surface area (Å²) >= 11 is 1.44. The zero-order valence-corrected chi connectivity index (χ0v) is 16.8. The lowest BCUT2D eigenvalue weighted by Crippen LogP contribution is -2.36. The zero-order chi connectivity index (χ0) is 20.9. The molecule has 0 aliphatic carbocycles. The van der Waals surface area contributed by atoms with Crippen molar-refractivity contribution in [1.29, 1.82) is 0 Å². The Bertz CT molecular complexity index is 1050. The first-order valence-electron chi connectivity index (χ1n) is 9.40. The molecule has 0 atom stereocenters. The fourth-order valence-corrected chi connectivity index (χ4v) is 4.01.